The maximum absolute atomic E-state index is 6.81. The molecule has 1 unspecified atom stereocenters. The van der Waals surface area contributed by atoms with Crippen molar-refractivity contribution in [3.63, 3.8) is 0 Å². The fourth-order valence-corrected chi connectivity index (χ4v) is 4.88. The Hall–Kier alpha value is -2.33. The minimum atomic E-state index is -0.639. The zero-order valence-corrected chi connectivity index (χ0v) is 17.0. The van der Waals surface area contributed by atoms with E-state index in [0.717, 1.165) is 28.7 Å². The Balaban J connectivity index is 1.72. The van der Waals surface area contributed by atoms with Crippen LogP contribution in [0.25, 0.3) is 10.8 Å². The van der Waals surface area contributed by atoms with E-state index in [1.165, 1.54) is 16.6 Å². The van der Waals surface area contributed by atoms with Gasteiger partial charge in [-0.2, -0.15) is 0 Å². The Morgan fingerprint density at radius 1 is 1.00 bits per heavy atom. The summed E-state index contributed by atoms with van der Waals surface area (Å²) in [4.78, 5) is 7.31. The number of hydrogen-bond donors (Lipinski definition) is 0. The maximum atomic E-state index is 6.81. The maximum Gasteiger partial charge on any atom is 0.228 e. The molecule has 3 nitrogen and oxygen atoms in total. The summed E-state index contributed by atoms with van der Waals surface area (Å²) in [5, 5.41) is 3.17. The summed E-state index contributed by atoms with van der Waals surface area (Å²) >= 11 is 3.62. The fourth-order valence-electron chi connectivity index (χ4n) is 4.53. The van der Waals surface area contributed by atoms with Crippen LogP contribution in [0.1, 0.15) is 19.4 Å². The van der Waals surface area contributed by atoms with Crippen molar-refractivity contribution in [1.82, 2.24) is 0 Å². The minimum Gasteiger partial charge on any atom is -0.459 e. The summed E-state index contributed by atoms with van der Waals surface area (Å²) in [7, 11) is 0. The van der Waals surface area contributed by atoms with Gasteiger partial charge in [-0.15, -0.1) is 0 Å². The van der Waals surface area contributed by atoms with Crippen LogP contribution >= 0.6 is 15.9 Å². The van der Waals surface area contributed by atoms with E-state index in [1.54, 1.807) is 0 Å². The molecule has 2 aliphatic heterocycles. The number of ether oxygens (including phenoxy) is 1. The average molecular weight is 421 g/mol. The quantitative estimate of drug-likeness (QED) is 0.487. The van der Waals surface area contributed by atoms with Crippen LogP contribution in [0.5, 0.6) is 5.75 Å². The van der Waals surface area contributed by atoms with Gasteiger partial charge in [-0.3, -0.25) is 4.99 Å². The van der Waals surface area contributed by atoms with Crippen molar-refractivity contribution < 1.29 is 4.74 Å². The standard InChI is InChI=1S/C23H21BrN2O/c1-22(2)18-9-5-6-10-19(18)26(14-13-24)23(22)15-25-21-17-8-4-3-7-16(17)11-12-20(21)27-23/h3-12,15H,13-14H2,1-2H3. The number of nitrogens with zero attached hydrogens (tertiary/aromatic N) is 2. The zero-order valence-electron chi connectivity index (χ0n) is 15.4. The lowest BCUT2D eigenvalue weighted by molar-refractivity contribution is 0.0791. The first-order valence-corrected chi connectivity index (χ1v) is 10.4. The number of aliphatic imine (C=N–C) groups is 1. The molecule has 3 aromatic rings. The van der Waals surface area contributed by atoms with Crippen LogP contribution in [-0.4, -0.2) is 23.8 Å². The molecule has 0 saturated carbocycles. The van der Waals surface area contributed by atoms with Crippen molar-refractivity contribution in [3.05, 3.63) is 66.2 Å². The van der Waals surface area contributed by atoms with Gasteiger partial charge in [-0.05, 0) is 36.9 Å². The number of halogens is 1. The Bertz CT molecular complexity index is 1070. The van der Waals surface area contributed by atoms with E-state index in [2.05, 4.69) is 95.3 Å². The highest BCUT2D eigenvalue weighted by Gasteiger charge is 2.59. The third-order valence-corrected chi connectivity index (χ3v) is 6.33. The molecule has 136 valence electrons. The van der Waals surface area contributed by atoms with Crippen molar-refractivity contribution in [2.75, 3.05) is 16.8 Å². The van der Waals surface area contributed by atoms with Crippen LogP contribution in [0.2, 0.25) is 0 Å². The van der Waals surface area contributed by atoms with Crippen LogP contribution < -0.4 is 9.64 Å². The SMILES string of the molecule is CC1(C)c2ccccc2N(CCBr)C12C=Nc1c(ccc3ccccc13)O2. The largest absolute Gasteiger partial charge is 0.459 e. The first kappa shape index (κ1) is 16.8. The third-order valence-electron chi connectivity index (χ3n) is 5.97. The minimum absolute atomic E-state index is 0.238. The smallest absolute Gasteiger partial charge is 0.228 e. The van der Waals surface area contributed by atoms with Gasteiger partial charge in [0.2, 0.25) is 5.72 Å². The molecule has 2 aliphatic rings. The molecule has 5 rings (SSSR count). The highest BCUT2D eigenvalue weighted by Crippen LogP contribution is 2.54. The highest BCUT2D eigenvalue weighted by molar-refractivity contribution is 9.09. The fraction of sp³-hybridized carbons (Fsp3) is 0.261. The Morgan fingerprint density at radius 3 is 2.63 bits per heavy atom. The summed E-state index contributed by atoms with van der Waals surface area (Å²) in [5.74, 6) is 0.844. The summed E-state index contributed by atoms with van der Waals surface area (Å²) in [6.07, 6.45) is 2.02. The lowest BCUT2D eigenvalue weighted by Crippen LogP contribution is -2.62. The lowest BCUT2D eigenvalue weighted by atomic mass is 9.77. The molecule has 0 fully saturated rings. The van der Waals surface area contributed by atoms with E-state index < -0.39 is 5.72 Å². The van der Waals surface area contributed by atoms with Crippen molar-refractivity contribution in [2.45, 2.75) is 25.0 Å². The number of alkyl halides is 1. The van der Waals surface area contributed by atoms with Gasteiger partial charge in [-0.1, -0.05) is 64.5 Å². The van der Waals surface area contributed by atoms with Gasteiger partial charge < -0.3 is 9.64 Å². The Morgan fingerprint density at radius 2 is 1.78 bits per heavy atom. The lowest BCUT2D eigenvalue weighted by Gasteiger charge is -2.46. The molecule has 0 aromatic heterocycles. The van der Waals surface area contributed by atoms with E-state index >= 15 is 0 Å². The van der Waals surface area contributed by atoms with Gasteiger partial charge in [-0.25, -0.2) is 0 Å². The number of hydrogen-bond acceptors (Lipinski definition) is 3. The molecule has 0 saturated heterocycles. The molecule has 4 heteroatoms. The molecule has 2 heterocycles. The molecule has 1 atom stereocenters. The van der Waals surface area contributed by atoms with Gasteiger partial charge in [0.1, 0.15) is 11.4 Å². The van der Waals surface area contributed by atoms with E-state index in [1.807, 2.05) is 6.21 Å². The van der Waals surface area contributed by atoms with E-state index in [-0.39, 0.29) is 5.41 Å². The summed E-state index contributed by atoms with van der Waals surface area (Å²) < 4.78 is 6.81. The molecule has 0 amide bonds. The summed E-state index contributed by atoms with van der Waals surface area (Å²) in [6.45, 7) is 5.34. The van der Waals surface area contributed by atoms with Crippen LogP contribution in [0.15, 0.2) is 65.7 Å². The normalized spacial score (nSPS) is 22.0. The van der Waals surface area contributed by atoms with Crippen LogP contribution in [0.4, 0.5) is 11.4 Å². The number of para-hydroxylation sites is 1. The van der Waals surface area contributed by atoms with E-state index in [0.29, 0.717) is 0 Å². The molecule has 3 aromatic carbocycles. The predicted molar refractivity (Wildman–Crippen MR) is 116 cm³/mol. The van der Waals surface area contributed by atoms with Crippen LogP contribution in [-0.2, 0) is 5.41 Å². The first-order valence-electron chi connectivity index (χ1n) is 9.27. The van der Waals surface area contributed by atoms with Gasteiger partial charge in [0.15, 0.2) is 0 Å². The number of rotatable bonds is 2. The Labute approximate surface area is 167 Å². The Kier molecular flexibility index (Phi) is 3.63. The van der Waals surface area contributed by atoms with Crippen molar-refractivity contribution >= 4 is 44.3 Å². The number of anilines is 1. The van der Waals surface area contributed by atoms with E-state index in [4.69, 9.17) is 9.73 Å². The van der Waals surface area contributed by atoms with Gasteiger partial charge >= 0.3 is 0 Å². The second kappa shape index (κ2) is 5.83. The third kappa shape index (κ3) is 2.16. The monoisotopic (exact) mass is 420 g/mol. The molecular weight excluding hydrogens is 400 g/mol. The first-order chi connectivity index (χ1) is 13.1. The molecule has 1 spiro atoms. The summed E-state index contributed by atoms with van der Waals surface area (Å²) in [5.41, 5.74) is 2.56. The van der Waals surface area contributed by atoms with Gasteiger partial charge in [0.05, 0.1) is 11.6 Å². The van der Waals surface area contributed by atoms with Crippen molar-refractivity contribution in [2.24, 2.45) is 4.99 Å². The predicted octanol–water partition coefficient (Wildman–Crippen LogP) is 5.82. The van der Waals surface area contributed by atoms with Crippen LogP contribution in [0, 0.1) is 0 Å². The molecule has 0 aliphatic carbocycles. The van der Waals surface area contributed by atoms with Gasteiger partial charge in [0, 0.05) is 22.9 Å². The summed E-state index contributed by atoms with van der Waals surface area (Å²) in [6, 6.07) is 21.1. The average Bonchev–Trinajstić information content (AvgIpc) is 2.87. The van der Waals surface area contributed by atoms with Crippen LogP contribution in [0.3, 0.4) is 0 Å². The second-order valence-corrected chi connectivity index (χ2v) is 8.47. The molecular formula is C23H21BrN2O. The molecule has 0 N–H and O–H groups in total. The molecule has 0 radical (unpaired) electrons. The number of benzene rings is 3. The van der Waals surface area contributed by atoms with E-state index in [9.17, 15) is 0 Å². The molecule has 0 bridgehead atoms. The molecule has 27 heavy (non-hydrogen) atoms. The highest BCUT2D eigenvalue weighted by atomic mass is 79.9. The van der Waals surface area contributed by atoms with Crippen molar-refractivity contribution in [3.8, 4) is 5.75 Å². The topological polar surface area (TPSA) is 24.8 Å². The number of fused-ring (bicyclic) bond motifs is 4. The zero-order chi connectivity index (χ0) is 18.6. The van der Waals surface area contributed by atoms with Gasteiger partial charge in [0.25, 0.3) is 0 Å². The van der Waals surface area contributed by atoms with Crippen molar-refractivity contribution in [1.29, 1.82) is 0 Å². The second-order valence-electron chi connectivity index (χ2n) is 7.67.